The lowest BCUT2D eigenvalue weighted by molar-refractivity contribution is 0.0993. The molecule has 6 heteroatoms. The van der Waals surface area contributed by atoms with Crippen LogP contribution in [-0.2, 0) is 29.4 Å². The Bertz CT molecular complexity index is 1310. The third-order valence-electron chi connectivity index (χ3n) is 7.66. The van der Waals surface area contributed by atoms with E-state index in [0.717, 1.165) is 44.3 Å². The zero-order valence-corrected chi connectivity index (χ0v) is 21.7. The highest BCUT2D eigenvalue weighted by atomic mass is 32.2. The van der Waals surface area contributed by atoms with Gasteiger partial charge < -0.3 is 0 Å². The second-order valence-corrected chi connectivity index (χ2v) is 11.9. The number of ketones is 1. The standard InChI is InChI=1S/C30H34N2O3S/c1-23(31-20-17-26-7-3-4-8-28(26)22-31)25-11-13-27(14-12-25)30(33)21-24-9-15-29(16-10-24)36(34,35)32-18-5-2-6-19-32/h3-4,7-16,23H,2,5-6,17-22H2,1H3. The molecular weight excluding hydrogens is 468 g/mol. The number of benzene rings is 3. The van der Waals surface area contributed by atoms with Gasteiger partial charge in [-0.3, -0.25) is 9.69 Å². The van der Waals surface area contributed by atoms with Crippen LogP contribution in [0.4, 0.5) is 0 Å². The normalized spacial score (nSPS) is 17.9. The van der Waals surface area contributed by atoms with Gasteiger partial charge in [0.25, 0.3) is 0 Å². The Kier molecular flexibility index (Phi) is 7.37. The first-order valence-electron chi connectivity index (χ1n) is 12.9. The van der Waals surface area contributed by atoms with Gasteiger partial charge in [0.2, 0.25) is 10.0 Å². The maximum absolute atomic E-state index is 12.9. The molecule has 3 aromatic rings. The Morgan fingerprint density at radius 1 is 0.833 bits per heavy atom. The van der Waals surface area contributed by atoms with Crippen molar-refractivity contribution in [1.29, 1.82) is 0 Å². The van der Waals surface area contributed by atoms with E-state index in [9.17, 15) is 13.2 Å². The van der Waals surface area contributed by atoms with Gasteiger partial charge in [0.15, 0.2) is 5.78 Å². The van der Waals surface area contributed by atoms with E-state index in [4.69, 9.17) is 0 Å². The number of hydrogen-bond donors (Lipinski definition) is 0. The van der Waals surface area contributed by atoms with Gasteiger partial charge in [-0.25, -0.2) is 8.42 Å². The number of rotatable bonds is 7. The van der Waals surface area contributed by atoms with E-state index in [2.05, 4.69) is 48.2 Å². The van der Waals surface area contributed by atoms with Gasteiger partial charge in [-0.05, 0) is 60.6 Å². The zero-order valence-electron chi connectivity index (χ0n) is 20.9. The van der Waals surface area contributed by atoms with Crippen molar-refractivity contribution in [3.8, 4) is 0 Å². The molecule has 0 saturated carbocycles. The molecule has 0 aliphatic carbocycles. The molecule has 3 aromatic carbocycles. The number of nitrogens with zero attached hydrogens (tertiary/aromatic N) is 2. The highest BCUT2D eigenvalue weighted by molar-refractivity contribution is 7.89. The van der Waals surface area contributed by atoms with Gasteiger partial charge in [0.1, 0.15) is 0 Å². The van der Waals surface area contributed by atoms with Crippen LogP contribution in [0.25, 0.3) is 0 Å². The Hall–Kier alpha value is -2.80. The lowest BCUT2D eigenvalue weighted by Gasteiger charge is -2.34. The lowest BCUT2D eigenvalue weighted by Crippen LogP contribution is -2.35. The second kappa shape index (κ2) is 10.7. The second-order valence-electron chi connectivity index (χ2n) is 10.00. The van der Waals surface area contributed by atoms with Crippen LogP contribution in [0.5, 0.6) is 0 Å². The minimum atomic E-state index is -3.45. The third kappa shape index (κ3) is 5.31. The highest BCUT2D eigenvalue weighted by Gasteiger charge is 2.26. The first-order chi connectivity index (χ1) is 17.4. The fourth-order valence-electron chi connectivity index (χ4n) is 5.33. The molecule has 36 heavy (non-hydrogen) atoms. The molecule has 1 atom stereocenters. The molecule has 1 unspecified atom stereocenters. The van der Waals surface area contributed by atoms with E-state index >= 15 is 0 Å². The maximum Gasteiger partial charge on any atom is 0.243 e. The molecule has 0 bridgehead atoms. The van der Waals surface area contributed by atoms with E-state index in [1.807, 2.05) is 12.1 Å². The summed E-state index contributed by atoms with van der Waals surface area (Å²) in [5.74, 6) is 0.0349. The zero-order chi connectivity index (χ0) is 25.1. The molecule has 0 radical (unpaired) electrons. The molecule has 5 nitrogen and oxygen atoms in total. The molecule has 0 aromatic heterocycles. The molecular formula is C30H34N2O3S. The largest absolute Gasteiger partial charge is 0.294 e. The fraction of sp³-hybridized carbons (Fsp3) is 0.367. The van der Waals surface area contributed by atoms with Crippen LogP contribution in [0.2, 0.25) is 0 Å². The SMILES string of the molecule is CC(c1ccc(C(=O)Cc2ccc(S(=O)(=O)N3CCCCC3)cc2)cc1)N1CCc2ccccc2C1. The smallest absolute Gasteiger partial charge is 0.243 e. The monoisotopic (exact) mass is 502 g/mol. The maximum atomic E-state index is 12.9. The van der Waals surface area contributed by atoms with Crippen molar-refractivity contribution in [3.63, 3.8) is 0 Å². The summed E-state index contributed by atoms with van der Waals surface area (Å²) in [5, 5.41) is 0. The average molecular weight is 503 g/mol. The van der Waals surface area contributed by atoms with E-state index in [1.165, 1.54) is 16.7 Å². The minimum absolute atomic E-state index is 0.0349. The molecule has 0 amide bonds. The molecule has 2 aliphatic heterocycles. The van der Waals surface area contributed by atoms with Crippen LogP contribution >= 0.6 is 0 Å². The first kappa shape index (κ1) is 24.9. The van der Waals surface area contributed by atoms with Gasteiger partial charge in [-0.2, -0.15) is 4.31 Å². The van der Waals surface area contributed by atoms with E-state index in [-0.39, 0.29) is 18.2 Å². The molecule has 5 rings (SSSR count). The van der Waals surface area contributed by atoms with Gasteiger partial charge in [-0.15, -0.1) is 0 Å². The summed E-state index contributed by atoms with van der Waals surface area (Å²) in [5.41, 5.74) is 5.55. The molecule has 0 N–H and O–H groups in total. The van der Waals surface area contributed by atoms with Crippen molar-refractivity contribution in [2.75, 3.05) is 19.6 Å². The molecule has 188 valence electrons. The van der Waals surface area contributed by atoms with Crippen LogP contribution in [0.15, 0.2) is 77.7 Å². The number of hydrogen-bond acceptors (Lipinski definition) is 4. The fourth-order valence-corrected chi connectivity index (χ4v) is 6.84. The third-order valence-corrected chi connectivity index (χ3v) is 9.58. The number of Topliss-reactive ketones (excluding diaryl/α,β-unsaturated/α-hetero) is 1. The predicted molar refractivity (Wildman–Crippen MR) is 142 cm³/mol. The summed E-state index contributed by atoms with van der Waals surface area (Å²) in [4.78, 5) is 15.7. The number of carbonyl (C=O) groups excluding carboxylic acids is 1. The Morgan fingerprint density at radius 2 is 1.50 bits per heavy atom. The summed E-state index contributed by atoms with van der Waals surface area (Å²) in [6.45, 7) is 5.37. The van der Waals surface area contributed by atoms with E-state index < -0.39 is 10.0 Å². The van der Waals surface area contributed by atoms with E-state index in [1.54, 1.807) is 28.6 Å². The van der Waals surface area contributed by atoms with Gasteiger partial charge in [0, 0.05) is 44.2 Å². The molecule has 1 saturated heterocycles. The van der Waals surface area contributed by atoms with Crippen LogP contribution in [0.1, 0.15) is 64.8 Å². The predicted octanol–water partition coefficient (Wildman–Crippen LogP) is 5.41. The molecule has 2 heterocycles. The Labute approximate surface area is 214 Å². The van der Waals surface area contributed by atoms with Crippen molar-refractivity contribution in [2.24, 2.45) is 0 Å². The molecule has 2 aliphatic rings. The number of sulfonamides is 1. The van der Waals surface area contributed by atoms with E-state index in [0.29, 0.717) is 23.5 Å². The van der Waals surface area contributed by atoms with Gasteiger partial charge >= 0.3 is 0 Å². The molecule has 1 fully saturated rings. The lowest BCUT2D eigenvalue weighted by atomic mass is 9.96. The Balaban J connectivity index is 1.21. The number of fused-ring (bicyclic) bond motifs is 1. The van der Waals surface area contributed by atoms with Crippen molar-refractivity contribution >= 4 is 15.8 Å². The van der Waals surface area contributed by atoms with Crippen LogP contribution in [0, 0.1) is 0 Å². The summed E-state index contributed by atoms with van der Waals surface area (Å²) in [6.07, 6.45) is 4.22. The highest BCUT2D eigenvalue weighted by Crippen LogP contribution is 2.28. The van der Waals surface area contributed by atoms with Crippen molar-refractivity contribution in [3.05, 3.63) is 101 Å². The summed E-state index contributed by atoms with van der Waals surface area (Å²) < 4.78 is 27.3. The van der Waals surface area contributed by atoms with Crippen LogP contribution < -0.4 is 0 Å². The number of carbonyl (C=O) groups is 1. The van der Waals surface area contributed by atoms with Crippen molar-refractivity contribution in [2.45, 2.75) is 56.5 Å². The average Bonchev–Trinajstić information content (AvgIpc) is 2.93. The van der Waals surface area contributed by atoms with Crippen LogP contribution in [-0.4, -0.2) is 43.0 Å². The minimum Gasteiger partial charge on any atom is -0.294 e. The van der Waals surface area contributed by atoms with Crippen molar-refractivity contribution < 1.29 is 13.2 Å². The first-order valence-corrected chi connectivity index (χ1v) is 14.4. The summed E-state index contributed by atoms with van der Waals surface area (Å²) in [7, 11) is -3.45. The summed E-state index contributed by atoms with van der Waals surface area (Å²) >= 11 is 0. The van der Waals surface area contributed by atoms with Gasteiger partial charge in [0.05, 0.1) is 4.90 Å². The van der Waals surface area contributed by atoms with Crippen LogP contribution in [0.3, 0.4) is 0 Å². The van der Waals surface area contributed by atoms with Gasteiger partial charge in [-0.1, -0.05) is 67.1 Å². The van der Waals surface area contributed by atoms with Crippen molar-refractivity contribution in [1.82, 2.24) is 9.21 Å². The summed E-state index contributed by atoms with van der Waals surface area (Å²) in [6, 6.07) is 23.7. The topological polar surface area (TPSA) is 57.7 Å². The number of piperidine rings is 1. The Morgan fingerprint density at radius 3 is 2.19 bits per heavy atom. The molecule has 0 spiro atoms. The quantitative estimate of drug-likeness (QED) is 0.406.